The molecule has 25 heavy (non-hydrogen) atoms. The largest absolute Gasteiger partial charge is 0.389 e. The second-order valence-electron chi connectivity index (χ2n) is 7.64. The van der Waals surface area contributed by atoms with Gasteiger partial charge in [0.05, 0.1) is 12.1 Å². The molecule has 140 valence electrons. The maximum atomic E-state index is 12.2. The van der Waals surface area contributed by atoms with Crippen LogP contribution < -0.4 is 10.2 Å². The van der Waals surface area contributed by atoms with E-state index in [1.165, 1.54) is 10.6 Å². The van der Waals surface area contributed by atoms with Crippen LogP contribution in [-0.4, -0.2) is 78.9 Å². The van der Waals surface area contributed by atoms with Crippen LogP contribution >= 0.6 is 0 Å². The highest BCUT2D eigenvalue weighted by molar-refractivity contribution is 5.74. The van der Waals surface area contributed by atoms with Crippen LogP contribution in [-0.2, 0) is 0 Å². The summed E-state index contributed by atoms with van der Waals surface area (Å²) in [4.78, 5) is 18.5. The van der Waals surface area contributed by atoms with Gasteiger partial charge in [0.15, 0.2) is 0 Å². The molecule has 0 unspecified atom stereocenters. The molecule has 2 rings (SSSR count). The maximum Gasteiger partial charge on any atom is 0.317 e. The van der Waals surface area contributed by atoms with Crippen molar-refractivity contribution in [3.8, 4) is 0 Å². The Balaban J connectivity index is 1.73. The van der Waals surface area contributed by atoms with Crippen LogP contribution in [0.25, 0.3) is 0 Å². The maximum absolute atomic E-state index is 12.2. The number of anilines is 1. The minimum Gasteiger partial charge on any atom is -0.389 e. The van der Waals surface area contributed by atoms with Crippen LogP contribution in [0.3, 0.4) is 0 Å². The van der Waals surface area contributed by atoms with E-state index < -0.39 is 5.60 Å². The number of urea groups is 1. The number of hydrogen-bond donors (Lipinski definition) is 2. The molecule has 0 saturated carbocycles. The Bertz CT molecular complexity index is 536. The zero-order valence-electron chi connectivity index (χ0n) is 15.9. The highest BCUT2D eigenvalue weighted by Gasteiger charge is 2.22. The van der Waals surface area contributed by atoms with Gasteiger partial charge in [-0.1, -0.05) is 18.2 Å². The summed E-state index contributed by atoms with van der Waals surface area (Å²) in [5.41, 5.74) is 0.389. The van der Waals surface area contributed by atoms with Crippen molar-refractivity contribution in [3.05, 3.63) is 30.3 Å². The van der Waals surface area contributed by atoms with E-state index in [1.807, 2.05) is 13.0 Å². The smallest absolute Gasteiger partial charge is 0.317 e. The molecule has 1 fully saturated rings. The molecule has 2 N–H and O–H groups in total. The number of likely N-dealkylation sites (N-methyl/N-ethyl adjacent to an activating group) is 1. The van der Waals surface area contributed by atoms with Gasteiger partial charge in [0, 0.05) is 51.5 Å². The first-order valence-electron chi connectivity index (χ1n) is 9.01. The van der Waals surface area contributed by atoms with Crippen molar-refractivity contribution in [3.63, 3.8) is 0 Å². The summed E-state index contributed by atoms with van der Waals surface area (Å²) >= 11 is 0. The second kappa shape index (κ2) is 8.54. The number of benzene rings is 1. The molecule has 0 bridgehead atoms. The number of nitrogens with one attached hydrogen (secondary N) is 1. The molecule has 1 heterocycles. The van der Waals surface area contributed by atoms with Crippen molar-refractivity contribution in [2.24, 2.45) is 0 Å². The van der Waals surface area contributed by atoms with Crippen LogP contribution in [0.4, 0.5) is 10.5 Å². The normalized spacial score (nSPS) is 17.2. The summed E-state index contributed by atoms with van der Waals surface area (Å²) in [6.07, 6.45) is 0. The molecule has 1 aromatic carbocycles. The molecule has 0 radical (unpaired) electrons. The molecule has 1 aromatic rings. The third-order valence-corrected chi connectivity index (χ3v) is 4.37. The quantitative estimate of drug-likeness (QED) is 0.820. The Morgan fingerprint density at radius 2 is 1.84 bits per heavy atom. The number of amides is 2. The van der Waals surface area contributed by atoms with Gasteiger partial charge in [-0.3, -0.25) is 4.90 Å². The summed E-state index contributed by atoms with van der Waals surface area (Å²) in [6.45, 7) is 10.6. The van der Waals surface area contributed by atoms with Gasteiger partial charge in [0.25, 0.3) is 0 Å². The predicted molar refractivity (Wildman–Crippen MR) is 102 cm³/mol. The lowest BCUT2D eigenvalue weighted by molar-refractivity contribution is 0.0526. The van der Waals surface area contributed by atoms with Gasteiger partial charge in [-0.2, -0.15) is 0 Å². The highest BCUT2D eigenvalue weighted by Crippen LogP contribution is 2.15. The Morgan fingerprint density at radius 3 is 2.40 bits per heavy atom. The van der Waals surface area contributed by atoms with Gasteiger partial charge < -0.3 is 20.2 Å². The number of rotatable bonds is 6. The van der Waals surface area contributed by atoms with Crippen molar-refractivity contribution < 1.29 is 9.90 Å². The van der Waals surface area contributed by atoms with Gasteiger partial charge >= 0.3 is 6.03 Å². The number of para-hydroxylation sites is 1. The Morgan fingerprint density at radius 1 is 1.24 bits per heavy atom. The molecule has 1 atom stereocenters. The molecule has 6 nitrogen and oxygen atoms in total. The minimum atomic E-state index is -0.886. The Kier molecular flexibility index (Phi) is 6.67. The predicted octanol–water partition coefficient (Wildman–Crippen LogP) is 1.61. The minimum absolute atomic E-state index is 0.0695. The van der Waals surface area contributed by atoms with Crippen LogP contribution in [0.2, 0.25) is 0 Å². The fourth-order valence-electron chi connectivity index (χ4n) is 3.23. The van der Waals surface area contributed by atoms with Gasteiger partial charge in [-0.25, -0.2) is 4.79 Å². The van der Waals surface area contributed by atoms with Crippen molar-refractivity contribution in [1.82, 2.24) is 15.1 Å². The lowest BCUT2D eigenvalue weighted by Gasteiger charge is -2.37. The molecule has 1 saturated heterocycles. The topological polar surface area (TPSA) is 59.0 Å². The average molecular weight is 348 g/mol. The summed E-state index contributed by atoms with van der Waals surface area (Å²) in [5, 5.41) is 12.8. The number of piperazine rings is 1. The SMILES string of the molecule is C[C@@H](CN1CCN(c2ccccc2)CC1)NC(=O)N(C)CC(C)(C)O. The van der Waals surface area contributed by atoms with E-state index in [9.17, 15) is 9.90 Å². The van der Waals surface area contributed by atoms with Gasteiger partial charge in [0.2, 0.25) is 0 Å². The third kappa shape index (κ3) is 6.55. The fourth-order valence-corrected chi connectivity index (χ4v) is 3.23. The number of carbonyl (C=O) groups excluding carboxylic acids is 1. The molecule has 0 spiro atoms. The molecule has 2 amide bonds. The lowest BCUT2D eigenvalue weighted by atomic mass is 10.1. The first-order valence-corrected chi connectivity index (χ1v) is 9.01. The summed E-state index contributed by atoms with van der Waals surface area (Å²) in [6, 6.07) is 10.4. The third-order valence-electron chi connectivity index (χ3n) is 4.37. The fraction of sp³-hybridized carbons (Fsp3) is 0.632. The molecular weight excluding hydrogens is 316 g/mol. The molecule has 6 heteroatoms. The number of nitrogens with zero attached hydrogens (tertiary/aromatic N) is 3. The molecule has 1 aliphatic heterocycles. The van der Waals surface area contributed by atoms with Crippen molar-refractivity contribution in [2.45, 2.75) is 32.4 Å². The lowest BCUT2D eigenvalue weighted by Crippen LogP contribution is -2.53. The molecular formula is C19H32N4O2. The second-order valence-corrected chi connectivity index (χ2v) is 7.64. The first kappa shape index (κ1) is 19.5. The molecule has 0 aromatic heterocycles. The van der Waals surface area contributed by atoms with Crippen LogP contribution in [0.1, 0.15) is 20.8 Å². The first-order chi connectivity index (χ1) is 11.7. The van der Waals surface area contributed by atoms with E-state index in [0.29, 0.717) is 6.54 Å². The van der Waals surface area contributed by atoms with Crippen LogP contribution in [0.5, 0.6) is 0 Å². The monoisotopic (exact) mass is 348 g/mol. The summed E-state index contributed by atoms with van der Waals surface area (Å²) in [7, 11) is 1.71. The van der Waals surface area contributed by atoms with E-state index in [2.05, 4.69) is 39.4 Å². The zero-order chi connectivity index (χ0) is 18.4. The van der Waals surface area contributed by atoms with E-state index in [0.717, 1.165) is 32.7 Å². The number of carbonyl (C=O) groups is 1. The van der Waals surface area contributed by atoms with Gasteiger partial charge in [-0.15, -0.1) is 0 Å². The van der Waals surface area contributed by atoms with E-state index in [1.54, 1.807) is 20.9 Å². The van der Waals surface area contributed by atoms with Gasteiger partial charge in [0.1, 0.15) is 0 Å². The van der Waals surface area contributed by atoms with Crippen molar-refractivity contribution in [2.75, 3.05) is 51.2 Å². The van der Waals surface area contributed by atoms with E-state index >= 15 is 0 Å². The molecule has 1 aliphatic rings. The zero-order valence-corrected chi connectivity index (χ0v) is 15.9. The standard InChI is InChI=1S/C19H32N4O2/c1-16(20-18(24)21(4)15-19(2,3)25)14-22-10-12-23(13-11-22)17-8-6-5-7-9-17/h5-9,16,25H,10-15H2,1-4H3,(H,20,24)/t16-/m0/s1. The summed E-state index contributed by atoms with van der Waals surface area (Å²) < 4.78 is 0. The van der Waals surface area contributed by atoms with Crippen molar-refractivity contribution >= 4 is 11.7 Å². The van der Waals surface area contributed by atoms with E-state index in [-0.39, 0.29) is 12.1 Å². The summed E-state index contributed by atoms with van der Waals surface area (Å²) in [5.74, 6) is 0. The van der Waals surface area contributed by atoms with E-state index in [4.69, 9.17) is 0 Å². The van der Waals surface area contributed by atoms with Gasteiger partial charge in [-0.05, 0) is 32.9 Å². The van der Waals surface area contributed by atoms with Crippen molar-refractivity contribution in [1.29, 1.82) is 0 Å². The number of aliphatic hydroxyl groups is 1. The van der Waals surface area contributed by atoms with Crippen LogP contribution in [0.15, 0.2) is 30.3 Å². The average Bonchev–Trinajstić information content (AvgIpc) is 2.54. The Hall–Kier alpha value is -1.79. The highest BCUT2D eigenvalue weighted by atomic mass is 16.3. The Labute approximate surface area is 151 Å². The number of hydrogen-bond acceptors (Lipinski definition) is 4. The molecule has 0 aliphatic carbocycles. The van der Waals surface area contributed by atoms with Crippen LogP contribution in [0, 0.1) is 0 Å².